The van der Waals surface area contributed by atoms with Gasteiger partial charge in [-0.15, -0.1) is 0 Å². The number of nitrogens with one attached hydrogen (secondary N) is 1. The van der Waals surface area contributed by atoms with Gasteiger partial charge in [-0.25, -0.2) is 0 Å². The molecule has 0 aliphatic heterocycles. The van der Waals surface area contributed by atoms with Crippen LogP contribution in [0.4, 0.5) is 0 Å². The van der Waals surface area contributed by atoms with Crippen LogP contribution in [0.3, 0.4) is 0 Å². The molecule has 2 aromatic rings. The van der Waals surface area contributed by atoms with Crippen molar-refractivity contribution >= 4 is 5.97 Å². The van der Waals surface area contributed by atoms with E-state index in [9.17, 15) is 4.79 Å². The third kappa shape index (κ3) is 4.67. The second-order valence-electron chi connectivity index (χ2n) is 6.63. The van der Waals surface area contributed by atoms with Gasteiger partial charge in [-0.3, -0.25) is 4.79 Å². The van der Waals surface area contributed by atoms with Gasteiger partial charge >= 0.3 is 5.97 Å². The second-order valence-corrected chi connectivity index (χ2v) is 6.63. The number of hydrogen-bond donors (Lipinski definition) is 2. The van der Waals surface area contributed by atoms with E-state index in [1.807, 2.05) is 0 Å². The maximum absolute atomic E-state index is 11.1. The Kier molecular flexibility index (Phi) is 5.56. The van der Waals surface area contributed by atoms with Gasteiger partial charge in [-0.1, -0.05) is 42.5 Å². The Morgan fingerprint density at radius 3 is 2.57 bits per heavy atom. The minimum Gasteiger partial charge on any atom is -0.481 e. The van der Waals surface area contributed by atoms with Gasteiger partial charge in [0.2, 0.25) is 0 Å². The quantitative estimate of drug-likeness (QED) is 0.751. The van der Waals surface area contributed by atoms with Crippen LogP contribution in [-0.4, -0.2) is 17.6 Å². The average Bonchev–Trinajstić information content (AvgIpc) is 2.52. The molecule has 0 aromatic heterocycles. The first-order valence-electron chi connectivity index (χ1n) is 7.99. The highest BCUT2D eigenvalue weighted by Crippen LogP contribution is 2.24. The summed E-state index contributed by atoms with van der Waals surface area (Å²) in [5.74, 6) is -0.749. The van der Waals surface area contributed by atoms with E-state index in [0.717, 1.165) is 6.54 Å². The lowest BCUT2D eigenvalue weighted by atomic mass is 9.90. The lowest BCUT2D eigenvalue weighted by Crippen LogP contribution is -2.28. The molecule has 0 radical (unpaired) electrons. The van der Waals surface area contributed by atoms with Gasteiger partial charge in [-0.2, -0.15) is 0 Å². The zero-order chi connectivity index (χ0) is 16.9. The third-order valence-corrected chi connectivity index (χ3v) is 4.22. The Bertz CT molecular complexity index is 677. The van der Waals surface area contributed by atoms with Crippen molar-refractivity contribution in [3.8, 4) is 11.1 Å². The molecule has 0 fully saturated rings. The summed E-state index contributed by atoms with van der Waals surface area (Å²) < 4.78 is 0. The molecule has 122 valence electrons. The lowest BCUT2D eigenvalue weighted by Gasteiger charge is -2.19. The minimum atomic E-state index is -0.749. The van der Waals surface area contributed by atoms with E-state index < -0.39 is 11.4 Å². The molecule has 3 nitrogen and oxygen atoms in total. The number of benzene rings is 2. The Morgan fingerprint density at radius 1 is 1.13 bits per heavy atom. The molecule has 2 N–H and O–H groups in total. The summed E-state index contributed by atoms with van der Waals surface area (Å²) >= 11 is 0. The standard InChI is InChI=1S/C20H25NO2/c1-15-7-4-5-10-18(15)17-9-6-8-16(13-17)14-21-12-11-20(2,3)19(22)23/h4-10,13,21H,11-12,14H2,1-3H3,(H,22,23). The molecule has 2 aromatic carbocycles. The zero-order valence-corrected chi connectivity index (χ0v) is 14.1. The molecule has 3 heteroatoms. The number of aliphatic carboxylic acids is 1. The number of rotatable bonds is 7. The largest absolute Gasteiger partial charge is 0.481 e. The van der Waals surface area contributed by atoms with Gasteiger partial charge in [0.1, 0.15) is 0 Å². The SMILES string of the molecule is Cc1ccccc1-c1cccc(CNCCC(C)(C)C(=O)O)c1. The normalized spacial score (nSPS) is 11.4. The molecule has 0 atom stereocenters. The van der Waals surface area contributed by atoms with Gasteiger partial charge < -0.3 is 10.4 Å². The molecular weight excluding hydrogens is 286 g/mol. The van der Waals surface area contributed by atoms with Crippen LogP contribution in [0.1, 0.15) is 31.4 Å². The van der Waals surface area contributed by atoms with Crippen molar-refractivity contribution in [2.24, 2.45) is 5.41 Å². The number of aryl methyl sites for hydroxylation is 1. The summed E-state index contributed by atoms with van der Waals surface area (Å²) in [6.07, 6.45) is 0.611. The lowest BCUT2D eigenvalue weighted by molar-refractivity contribution is -0.147. The summed E-state index contributed by atoms with van der Waals surface area (Å²) in [6, 6.07) is 16.8. The predicted molar refractivity (Wildman–Crippen MR) is 94.4 cm³/mol. The third-order valence-electron chi connectivity index (χ3n) is 4.22. The second kappa shape index (κ2) is 7.42. The monoisotopic (exact) mass is 311 g/mol. The Labute approximate surface area is 138 Å². The summed E-state index contributed by atoms with van der Waals surface area (Å²) in [4.78, 5) is 11.1. The molecular formula is C20H25NO2. The van der Waals surface area contributed by atoms with Gasteiger partial charge in [0, 0.05) is 6.54 Å². The van der Waals surface area contributed by atoms with E-state index in [1.54, 1.807) is 13.8 Å². The Hall–Kier alpha value is -2.13. The van der Waals surface area contributed by atoms with E-state index in [1.165, 1.54) is 22.3 Å². The van der Waals surface area contributed by atoms with Crippen LogP contribution >= 0.6 is 0 Å². The molecule has 0 saturated carbocycles. The van der Waals surface area contributed by atoms with Gasteiger partial charge in [0.15, 0.2) is 0 Å². The average molecular weight is 311 g/mol. The molecule has 0 aliphatic carbocycles. The number of carboxylic acid groups (broad SMARTS) is 1. The van der Waals surface area contributed by atoms with E-state index in [0.29, 0.717) is 13.0 Å². The highest BCUT2D eigenvalue weighted by Gasteiger charge is 2.25. The van der Waals surface area contributed by atoms with Crippen LogP contribution in [0.15, 0.2) is 48.5 Å². The van der Waals surface area contributed by atoms with Crippen LogP contribution in [0.5, 0.6) is 0 Å². The molecule has 0 bridgehead atoms. The number of carboxylic acids is 1. The van der Waals surface area contributed by atoms with Crippen molar-refractivity contribution in [3.63, 3.8) is 0 Å². The number of hydrogen-bond acceptors (Lipinski definition) is 2. The van der Waals surface area contributed by atoms with E-state index in [-0.39, 0.29) is 0 Å². The molecule has 23 heavy (non-hydrogen) atoms. The first-order valence-corrected chi connectivity index (χ1v) is 7.99. The Balaban J connectivity index is 1.96. The molecule has 0 heterocycles. The van der Waals surface area contributed by atoms with Crippen molar-refractivity contribution < 1.29 is 9.90 Å². The first-order chi connectivity index (χ1) is 10.9. The van der Waals surface area contributed by atoms with Crippen LogP contribution in [0.25, 0.3) is 11.1 Å². The topological polar surface area (TPSA) is 49.3 Å². The minimum absolute atomic E-state index is 0.611. The molecule has 0 unspecified atom stereocenters. The molecule has 2 rings (SSSR count). The summed E-state index contributed by atoms with van der Waals surface area (Å²) in [5, 5.41) is 12.5. The summed E-state index contributed by atoms with van der Waals surface area (Å²) in [5.41, 5.74) is 4.25. The van der Waals surface area contributed by atoms with Crippen LogP contribution in [0, 0.1) is 12.3 Å². The maximum Gasteiger partial charge on any atom is 0.309 e. The van der Waals surface area contributed by atoms with Gasteiger partial charge in [0.05, 0.1) is 5.41 Å². The van der Waals surface area contributed by atoms with Crippen molar-refractivity contribution in [2.75, 3.05) is 6.54 Å². The van der Waals surface area contributed by atoms with Crippen molar-refractivity contribution in [1.82, 2.24) is 5.32 Å². The number of carbonyl (C=O) groups is 1. The highest BCUT2D eigenvalue weighted by molar-refractivity contribution is 5.73. The molecule has 0 spiro atoms. The zero-order valence-electron chi connectivity index (χ0n) is 14.1. The van der Waals surface area contributed by atoms with Crippen molar-refractivity contribution in [2.45, 2.75) is 33.7 Å². The van der Waals surface area contributed by atoms with Gasteiger partial charge in [-0.05, 0) is 62.1 Å². The van der Waals surface area contributed by atoms with Crippen molar-refractivity contribution in [1.29, 1.82) is 0 Å². The molecule has 0 amide bonds. The fraction of sp³-hybridized carbons (Fsp3) is 0.350. The van der Waals surface area contributed by atoms with Crippen molar-refractivity contribution in [3.05, 3.63) is 59.7 Å². The molecule has 0 aliphatic rings. The van der Waals surface area contributed by atoms with Gasteiger partial charge in [0.25, 0.3) is 0 Å². The van der Waals surface area contributed by atoms with Crippen LogP contribution in [0.2, 0.25) is 0 Å². The fourth-order valence-electron chi connectivity index (χ4n) is 2.49. The summed E-state index contributed by atoms with van der Waals surface area (Å²) in [7, 11) is 0. The van der Waals surface area contributed by atoms with E-state index in [4.69, 9.17) is 5.11 Å². The predicted octanol–water partition coefficient (Wildman–Crippen LogP) is 4.25. The smallest absolute Gasteiger partial charge is 0.309 e. The van der Waals surface area contributed by atoms with E-state index >= 15 is 0 Å². The first kappa shape index (κ1) is 17.2. The van der Waals surface area contributed by atoms with Crippen LogP contribution in [-0.2, 0) is 11.3 Å². The molecule has 0 saturated heterocycles. The van der Waals surface area contributed by atoms with Crippen LogP contribution < -0.4 is 5.32 Å². The maximum atomic E-state index is 11.1. The highest BCUT2D eigenvalue weighted by atomic mass is 16.4. The summed E-state index contributed by atoms with van der Waals surface area (Å²) in [6.45, 7) is 7.07. The Morgan fingerprint density at radius 2 is 1.87 bits per heavy atom. The van der Waals surface area contributed by atoms with E-state index in [2.05, 4.69) is 60.8 Å². The fourth-order valence-corrected chi connectivity index (χ4v) is 2.49.